The van der Waals surface area contributed by atoms with Gasteiger partial charge in [0.05, 0.1) is 0 Å². The molecule has 0 unspecified atom stereocenters. The molecular formula is C9H10BN5. The zero-order valence-electron chi connectivity index (χ0n) is 8.22. The monoisotopic (exact) mass is 199 g/mol. The van der Waals surface area contributed by atoms with E-state index in [1.54, 1.807) is 6.20 Å². The Balaban J connectivity index is 2.27. The molecule has 2 aromatic rings. The number of rotatable bonds is 1. The topological polar surface area (TPSA) is 59.5 Å². The molecule has 0 spiro atoms. The van der Waals surface area contributed by atoms with Gasteiger partial charge in [-0.3, -0.25) is 4.40 Å². The van der Waals surface area contributed by atoms with E-state index in [1.165, 1.54) is 6.42 Å². The minimum atomic E-state index is 0.425. The molecule has 1 aliphatic rings. The average Bonchev–Trinajstić information content (AvgIpc) is 2.43. The summed E-state index contributed by atoms with van der Waals surface area (Å²) in [4.78, 5) is 10.5. The van der Waals surface area contributed by atoms with Crippen LogP contribution in [0.1, 0.15) is 6.42 Å². The molecule has 6 heteroatoms. The van der Waals surface area contributed by atoms with Gasteiger partial charge in [-0.25, -0.2) is 9.97 Å². The minimum absolute atomic E-state index is 0.425. The quantitative estimate of drug-likeness (QED) is 0.618. The van der Waals surface area contributed by atoms with Crippen LogP contribution < -0.4 is 16.2 Å². The largest absolute Gasteiger partial charge is 0.382 e. The number of fused-ring (bicyclic) bond motifs is 1. The molecule has 0 saturated carbocycles. The fraction of sp³-hybridized carbons (Fsp3) is 0.333. The molecule has 0 aliphatic carbocycles. The second-order valence-corrected chi connectivity index (χ2v) is 3.67. The zero-order valence-corrected chi connectivity index (χ0v) is 8.22. The third-order valence-electron chi connectivity index (χ3n) is 2.73. The van der Waals surface area contributed by atoms with E-state index in [-0.39, 0.29) is 0 Å². The van der Waals surface area contributed by atoms with Crippen molar-refractivity contribution in [3.8, 4) is 0 Å². The summed E-state index contributed by atoms with van der Waals surface area (Å²) in [5.74, 6) is 1.29. The van der Waals surface area contributed by atoms with Gasteiger partial charge in [0.1, 0.15) is 19.2 Å². The maximum Gasteiger partial charge on any atom is 0.209 e. The molecule has 0 aromatic carbocycles. The summed E-state index contributed by atoms with van der Waals surface area (Å²) in [6, 6.07) is 0. The van der Waals surface area contributed by atoms with E-state index in [0.717, 1.165) is 19.0 Å². The van der Waals surface area contributed by atoms with E-state index in [9.17, 15) is 0 Å². The Morgan fingerprint density at radius 1 is 1.40 bits per heavy atom. The van der Waals surface area contributed by atoms with Gasteiger partial charge in [0.2, 0.25) is 5.95 Å². The summed E-state index contributed by atoms with van der Waals surface area (Å²) >= 11 is 0. The predicted octanol–water partition coefficient (Wildman–Crippen LogP) is -0.685. The molecule has 3 heterocycles. The second-order valence-electron chi connectivity index (χ2n) is 3.67. The van der Waals surface area contributed by atoms with Crippen molar-refractivity contribution in [3.05, 3.63) is 12.4 Å². The third-order valence-corrected chi connectivity index (χ3v) is 2.73. The maximum absolute atomic E-state index is 5.82. The number of anilines is 2. The van der Waals surface area contributed by atoms with Crippen LogP contribution in [0.4, 0.5) is 11.8 Å². The number of imidazole rings is 1. The summed E-state index contributed by atoms with van der Waals surface area (Å²) in [7, 11) is 5.82. The van der Waals surface area contributed by atoms with Gasteiger partial charge in [0.25, 0.3) is 0 Å². The highest BCUT2D eigenvalue weighted by atomic mass is 15.3. The predicted molar refractivity (Wildman–Crippen MR) is 59.6 cm³/mol. The van der Waals surface area contributed by atoms with Gasteiger partial charge in [0, 0.05) is 31.1 Å². The molecule has 5 nitrogen and oxygen atoms in total. The Morgan fingerprint density at radius 3 is 2.87 bits per heavy atom. The van der Waals surface area contributed by atoms with Crippen LogP contribution in [0, 0.1) is 0 Å². The van der Waals surface area contributed by atoms with Crippen molar-refractivity contribution in [2.45, 2.75) is 6.42 Å². The first kappa shape index (κ1) is 8.58. The molecule has 2 aromatic heterocycles. The lowest BCUT2D eigenvalue weighted by Gasteiger charge is -2.31. The van der Waals surface area contributed by atoms with E-state index in [4.69, 9.17) is 13.6 Å². The highest BCUT2D eigenvalue weighted by molar-refractivity contribution is 6.36. The van der Waals surface area contributed by atoms with Crippen LogP contribution in [0.25, 0.3) is 5.52 Å². The molecule has 74 valence electrons. The molecule has 0 bridgehead atoms. The lowest BCUT2D eigenvalue weighted by Crippen LogP contribution is -2.38. The molecule has 15 heavy (non-hydrogen) atoms. The van der Waals surface area contributed by atoms with Gasteiger partial charge < -0.3 is 10.6 Å². The molecular weight excluding hydrogens is 189 g/mol. The summed E-state index contributed by atoms with van der Waals surface area (Å²) in [6.07, 6.45) is 4.70. The maximum atomic E-state index is 5.82. The first-order chi connectivity index (χ1) is 7.27. The van der Waals surface area contributed by atoms with Gasteiger partial charge in [-0.05, 0) is 6.42 Å². The van der Waals surface area contributed by atoms with Crippen molar-refractivity contribution in [3.63, 3.8) is 0 Å². The van der Waals surface area contributed by atoms with Crippen LogP contribution in [0.5, 0.6) is 0 Å². The first-order valence-corrected chi connectivity index (χ1v) is 4.90. The zero-order chi connectivity index (χ0) is 10.4. The van der Waals surface area contributed by atoms with Gasteiger partial charge >= 0.3 is 0 Å². The summed E-state index contributed by atoms with van der Waals surface area (Å²) in [6.45, 7) is 2.06. The molecule has 2 N–H and O–H groups in total. The lowest BCUT2D eigenvalue weighted by molar-refractivity contribution is 0.599. The highest BCUT2D eigenvalue weighted by Gasteiger charge is 2.20. The van der Waals surface area contributed by atoms with Crippen LogP contribution in [-0.4, -0.2) is 35.3 Å². The van der Waals surface area contributed by atoms with E-state index >= 15 is 0 Å². The SMILES string of the molecule is [B]c1nc(N2CCC2)n2ccnc(N)c12. The van der Waals surface area contributed by atoms with Crippen LogP contribution in [0.2, 0.25) is 0 Å². The number of nitrogens with two attached hydrogens (primary N) is 1. The molecule has 1 saturated heterocycles. The normalized spacial score (nSPS) is 15.6. The molecule has 2 radical (unpaired) electrons. The lowest BCUT2D eigenvalue weighted by atomic mass is 10.0. The molecule has 0 amide bonds. The Hall–Kier alpha value is -1.72. The number of aromatic nitrogens is 3. The third kappa shape index (κ3) is 1.11. The Kier molecular flexibility index (Phi) is 1.65. The Labute approximate surface area is 88.3 Å². The first-order valence-electron chi connectivity index (χ1n) is 4.90. The van der Waals surface area contributed by atoms with Gasteiger partial charge in [-0.15, -0.1) is 0 Å². The van der Waals surface area contributed by atoms with Crippen molar-refractivity contribution in [2.24, 2.45) is 0 Å². The summed E-state index contributed by atoms with van der Waals surface area (Å²) < 4.78 is 1.90. The van der Waals surface area contributed by atoms with Crippen LogP contribution in [0.15, 0.2) is 12.4 Å². The molecule has 1 aliphatic heterocycles. The van der Waals surface area contributed by atoms with E-state index in [0.29, 0.717) is 16.9 Å². The van der Waals surface area contributed by atoms with Gasteiger partial charge in [-0.1, -0.05) is 0 Å². The molecule has 0 atom stereocenters. The van der Waals surface area contributed by atoms with Crippen molar-refractivity contribution in [2.75, 3.05) is 23.7 Å². The van der Waals surface area contributed by atoms with Crippen molar-refractivity contribution < 1.29 is 0 Å². The standard InChI is InChI=1S/C9H10BN5/c10-7-6-8(11)12-2-5-15(6)9(13-7)14-3-1-4-14/h2,5H,1,3-4H2,(H2,11,12). The fourth-order valence-corrected chi connectivity index (χ4v) is 1.81. The van der Waals surface area contributed by atoms with Crippen molar-refractivity contribution >= 4 is 30.7 Å². The van der Waals surface area contributed by atoms with E-state index in [1.807, 2.05) is 10.6 Å². The smallest absolute Gasteiger partial charge is 0.209 e. The summed E-state index contributed by atoms with van der Waals surface area (Å²) in [5, 5.41) is 0. The van der Waals surface area contributed by atoms with Gasteiger partial charge in [-0.2, -0.15) is 0 Å². The summed E-state index contributed by atoms with van der Waals surface area (Å²) in [5.41, 5.74) is 6.91. The number of nitrogen functional groups attached to an aromatic ring is 1. The number of hydrogen-bond donors (Lipinski definition) is 1. The second kappa shape index (κ2) is 2.89. The number of nitrogens with zero attached hydrogens (tertiary/aromatic N) is 4. The van der Waals surface area contributed by atoms with E-state index < -0.39 is 0 Å². The van der Waals surface area contributed by atoms with Crippen LogP contribution in [-0.2, 0) is 0 Å². The minimum Gasteiger partial charge on any atom is -0.382 e. The fourth-order valence-electron chi connectivity index (χ4n) is 1.81. The Morgan fingerprint density at radius 2 is 2.20 bits per heavy atom. The van der Waals surface area contributed by atoms with Gasteiger partial charge in [0.15, 0.2) is 0 Å². The van der Waals surface area contributed by atoms with Crippen molar-refractivity contribution in [1.29, 1.82) is 0 Å². The molecule has 1 fully saturated rings. The van der Waals surface area contributed by atoms with Crippen LogP contribution in [0.3, 0.4) is 0 Å². The highest BCUT2D eigenvalue weighted by Crippen LogP contribution is 2.20. The molecule has 3 rings (SSSR count). The average molecular weight is 199 g/mol. The Bertz CT molecular complexity index is 516. The van der Waals surface area contributed by atoms with Crippen molar-refractivity contribution in [1.82, 2.24) is 14.4 Å². The van der Waals surface area contributed by atoms with Crippen LogP contribution >= 0.6 is 0 Å². The van der Waals surface area contributed by atoms with E-state index in [2.05, 4.69) is 14.9 Å². The number of hydrogen-bond acceptors (Lipinski definition) is 4.